The van der Waals surface area contributed by atoms with E-state index in [9.17, 15) is 14.0 Å². The van der Waals surface area contributed by atoms with Crippen molar-refractivity contribution in [3.05, 3.63) is 95.3 Å². The summed E-state index contributed by atoms with van der Waals surface area (Å²) in [6, 6.07) is 22.3. The van der Waals surface area contributed by atoms with Gasteiger partial charge in [0.05, 0.1) is 11.8 Å². The second kappa shape index (κ2) is 8.95. The average molecular weight is 431 g/mol. The molecule has 32 heavy (non-hydrogen) atoms. The third kappa shape index (κ3) is 4.57. The molecule has 1 aliphatic rings. The van der Waals surface area contributed by atoms with Gasteiger partial charge in [0, 0.05) is 13.1 Å². The molecular weight excluding hydrogens is 403 g/mol. The standard InChI is InChI=1S/C27H27FN2O2/c1-19-6-4-9-21(14-19)24-11-3-2-8-22(24)17-27(26(29)32)12-13-30(18-27)25(31)16-20-7-5-10-23(28)15-20/h2-11,14-15H,12-13,16-18H2,1H3,(H2,29,32). The van der Waals surface area contributed by atoms with Gasteiger partial charge in [-0.15, -0.1) is 0 Å². The number of nitrogens with two attached hydrogens (primary N) is 1. The Morgan fingerprint density at radius 1 is 1.03 bits per heavy atom. The molecule has 2 N–H and O–H groups in total. The van der Waals surface area contributed by atoms with E-state index in [1.54, 1.807) is 17.0 Å². The van der Waals surface area contributed by atoms with Crippen LogP contribution in [0.4, 0.5) is 4.39 Å². The van der Waals surface area contributed by atoms with Crippen LogP contribution in [0.15, 0.2) is 72.8 Å². The molecule has 0 spiro atoms. The van der Waals surface area contributed by atoms with Gasteiger partial charge in [0.15, 0.2) is 0 Å². The first-order valence-electron chi connectivity index (χ1n) is 10.8. The summed E-state index contributed by atoms with van der Waals surface area (Å²) in [6.07, 6.45) is 1.09. The number of benzene rings is 3. The van der Waals surface area contributed by atoms with Crippen molar-refractivity contribution in [3.8, 4) is 11.1 Å². The lowest BCUT2D eigenvalue weighted by atomic mass is 9.78. The highest BCUT2D eigenvalue weighted by Gasteiger charge is 2.45. The minimum Gasteiger partial charge on any atom is -0.369 e. The molecule has 1 atom stereocenters. The monoisotopic (exact) mass is 430 g/mol. The number of likely N-dealkylation sites (tertiary alicyclic amines) is 1. The Kier molecular flexibility index (Phi) is 6.08. The van der Waals surface area contributed by atoms with Crippen LogP contribution in [0.2, 0.25) is 0 Å². The van der Waals surface area contributed by atoms with Crippen LogP contribution in [-0.2, 0) is 22.4 Å². The van der Waals surface area contributed by atoms with Crippen molar-refractivity contribution in [1.82, 2.24) is 4.90 Å². The van der Waals surface area contributed by atoms with Gasteiger partial charge >= 0.3 is 0 Å². The van der Waals surface area contributed by atoms with Gasteiger partial charge in [0.25, 0.3) is 0 Å². The highest BCUT2D eigenvalue weighted by molar-refractivity contribution is 5.85. The summed E-state index contributed by atoms with van der Waals surface area (Å²) in [5.41, 5.74) is 10.1. The molecule has 3 aromatic rings. The van der Waals surface area contributed by atoms with Gasteiger partial charge in [-0.1, -0.05) is 66.2 Å². The van der Waals surface area contributed by atoms with Crippen molar-refractivity contribution in [1.29, 1.82) is 0 Å². The maximum atomic E-state index is 13.5. The molecule has 1 heterocycles. The molecule has 4 nitrogen and oxygen atoms in total. The van der Waals surface area contributed by atoms with Crippen LogP contribution in [0.1, 0.15) is 23.1 Å². The molecule has 1 saturated heterocycles. The maximum Gasteiger partial charge on any atom is 0.227 e. The third-order valence-electron chi connectivity index (χ3n) is 6.35. The Morgan fingerprint density at radius 2 is 1.81 bits per heavy atom. The molecule has 0 aromatic heterocycles. The smallest absolute Gasteiger partial charge is 0.227 e. The van der Waals surface area contributed by atoms with Gasteiger partial charge in [-0.3, -0.25) is 9.59 Å². The van der Waals surface area contributed by atoms with E-state index < -0.39 is 11.3 Å². The largest absolute Gasteiger partial charge is 0.369 e. The number of carbonyl (C=O) groups excluding carboxylic acids is 2. The molecule has 4 rings (SSSR count). The third-order valence-corrected chi connectivity index (χ3v) is 6.35. The van der Waals surface area contributed by atoms with Gasteiger partial charge in [0.2, 0.25) is 11.8 Å². The van der Waals surface area contributed by atoms with E-state index in [0.29, 0.717) is 24.9 Å². The number of hydrogen-bond donors (Lipinski definition) is 1. The van der Waals surface area contributed by atoms with Gasteiger partial charge in [-0.05, 0) is 54.2 Å². The lowest BCUT2D eigenvalue weighted by molar-refractivity contribution is -0.131. The summed E-state index contributed by atoms with van der Waals surface area (Å²) in [6.45, 7) is 2.79. The Morgan fingerprint density at radius 3 is 2.56 bits per heavy atom. The van der Waals surface area contributed by atoms with Crippen molar-refractivity contribution < 1.29 is 14.0 Å². The number of aryl methyl sites for hydroxylation is 1. The summed E-state index contributed by atoms with van der Waals surface area (Å²) >= 11 is 0. The fourth-order valence-electron chi connectivity index (χ4n) is 4.58. The van der Waals surface area contributed by atoms with E-state index in [-0.39, 0.29) is 24.7 Å². The lowest BCUT2D eigenvalue weighted by Crippen LogP contribution is -2.42. The summed E-state index contributed by atoms with van der Waals surface area (Å²) < 4.78 is 13.5. The van der Waals surface area contributed by atoms with Crippen LogP contribution in [0.3, 0.4) is 0 Å². The van der Waals surface area contributed by atoms with E-state index in [1.807, 2.05) is 24.3 Å². The van der Waals surface area contributed by atoms with E-state index in [4.69, 9.17) is 5.73 Å². The Hall–Kier alpha value is -3.47. The number of hydrogen-bond acceptors (Lipinski definition) is 2. The normalized spacial score (nSPS) is 18.0. The maximum absolute atomic E-state index is 13.5. The zero-order valence-corrected chi connectivity index (χ0v) is 18.2. The molecule has 5 heteroatoms. The zero-order valence-electron chi connectivity index (χ0n) is 18.2. The minimum atomic E-state index is -0.822. The highest BCUT2D eigenvalue weighted by atomic mass is 19.1. The quantitative estimate of drug-likeness (QED) is 0.634. The predicted molar refractivity (Wildman–Crippen MR) is 123 cm³/mol. The van der Waals surface area contributed by atoms with Crippen molar-refractivity contribution in [2.45, 2.75) is 26.2 Å². The molecule has 0 saturated carbocycles. The van der Waals surface area contributed by atoms with Crippen LogP contribution in [-0.4, -0.2) is 29.8 Å². The number of amides is 2. The Balaban J connectivity index is 1.56. The van der Waals surface area contributed by atoms with Gasteiger partial charge in [-0.2, -0.15) is 0 Å². The Bertz CT molecular complexity index is 1160. The van der Waals surface area contributed by atoms with E-state index >= 15 is 0 Å². The number of primary amides is 1. The second-order valence-corrected chi connectivity index (χ2v) is 8.72. The van der Waals surface area contributed by atoms with Crippen LogP contribution in [0, 0.1) is 18.2 Å². The first-order chi connectivity index (χ1) is 15.4. The number of carbonyl (C=O) groups is 2. The van der Waals surface area contributed by atoms with Crippen molar-refractivity contribution in [2.75, 3.05) is 13.1 Å². The van der Waals surface area contributed by atoms with Gasteiger partial charge < -0.3 is 10.6 Å². The molecule has 2 amide bonds. The number of nitrogens with zero attached hydrogens (tertiary/aromatic N) is 1. The molecule has 164 valence electrons. The van der Waals surface area contributed by atoms with Crippen molar-refractivity contribution >= 4 is 11.8 Å². The molecule has 0 aliphatic carbocycles. The molecule has 3 aromatic carbocycles. The predicted octanol–water partition coefficient (Wildman–Crippen LogP) is 4.29. The van der Waals surface area contributed by atoms with Crippen LogP contribution >= 0.6 is 0 Å². The molecular formula is C27H27FN2O2. The van der Waals surface area contributed by atoms with E-state index in [1.165, 1.54) is 12.1 Å². The molecule has 0 bridgehead atoms. The Labute approximate surface area is 187 Å². The second-order valence-electron chi connectivity index (χ2n) is 8.72. The first-order valence-corrected chi connectivity index (χ1v) is 10.8. The average Bonchev–Trinajstić information content (AvgIpc) is 3.20. The van der Waals surface area contributed by atoms with Gasteiger partial charge in [0.1, 0.15) is 5.82 Å². The lowest BCUT2D eigenvalue weighted by Gasteiger charge is -2.27. The first kappa shape index (κ1) is 21.8. The van der Waals surface area contributed by atoms with Crippen molar-refractivity contribution in [2.24, 2.45) is 11.1 Å². The summed E-state index contributed by atoms with van der Waals surface area (Å²) in [5, 5.41) is 0. The SMILES string of the molecule is Cc1cccc(-c2ccccc2CC2(C(N)=O)CCN(C(=O)Cc3cccc(F)c3)C2)c1. The summed E-state index contributed by atoms with van der Waals surface area (Å²) in [5.74, 6) is -0.876. The van der Waals surface area contributed by atoms with Crippen LogP contribution < -0.4 is 5.73 Å². The zero-order chi connectivity index (χ0) is 22.7. The highest BCUT2D eigenvalue weighted by Crippen LogP contribution is 2.37. The molecule has 1 fully saturated rings. The minimum absolute atomic E-state index is 0.104. The fraction of sp³-hybridized carbons (Fsp3) is 0.259. The number of rotatable bonds is 6. The van der Waals surface area contributed by atoms with Crippen LogP contribution in [0.25, 0.3) is 11.1 Å². The van der Waals surface area contributed by atoms with E-state index in [0.717, 1.165) is 22.3 Å². The fourth-order valence-corrected chi connectivity index (χ4v) is 4.58. The topological polar surface area (TPSA) is 63.4 Å². The summed E-state index contributed by atoms with van der Waals surface area (Å²) in [7, 11) is 0. The molecule has 1 aliphatic heterocycles. The molecule has 1 unspecified atom stereocenters. The summed E-state index contributed by atoms with van der Waals surface area (Å²) in [4.78, 5) is 27.2. The van der Waals surface area contributed by atoms with Crippen LogP contribution in [0.5, 0.6) is 0 Å². The van der Waals surface area contributed by atoms with Crippen molar-refractivity contribution in [3.63, 3.8) is 0 Å². The van der Waals surface area contributed by atoms with E-state index in [2.05, 4.69) is 31.2 Å². The molecule has 0 radical (unpaired) electrons. The van der Waals surface area contributed by atoms with Gasteiger partial charge in [-0.25, -0.2) is 4.39 Å². The number of halogens is 1.